The van der Waals surface area contributed by atoms with Gasteiger partial charge in [0.25, 0.3) is 0 Å². The Balaban J connectivity index is 1.73. The third kappa shape index (κ3) is 7.39. The van der Waals surface area contributed by atoms with E-state index < -0.39 is 11.6 Å². The fraction of sp³-hybridized carbons (Fsp3) is 0.400. The molecule has 39 heavy (non-hydrogen) atoms. The second-order valence-corrected chi connectivity index (χ2v) is 12.4. The van der Waals surface area contributed by atoms with Gasteiger partial charge in [0.2, 0.25) is 0 Å². The molecule has 0 aliphatic heterocycles. The largest absolute Gasteiger partial charge is 0.490 e. The molecule has 0 aromatic heterocycles. The lowest BCUT2D eigenvalue weighted by molar-refractivity contribution is -0.164. The van der Waals surface area contributed by atoms with Crippen LogP contribution in [-0.4, -0.2) is 24.3 Å². The summed E-state index contributed by atoms with van der Waals surface area (Å²) in [6, 6.07) is 22.8. The Morgan fingerprint density at radius 2 is 1.31 bits per heavy atom. The highest BCUT2D eigenvalue weighted by Gasteiger charge is 2.35. The van der Waals surface area contributed by atoms with Crippen molar-refractivity contribution in [2.24, 2.45) is 0 Å². The third-order valence-electron chi connectivity index (χ3n) is 7.22. The molecule has 1 unspecified atom stereocenters. The van der Waals surface area contributed by atoms with E-state index in [1.165, 1.54) is 22.3 Å². The number of rotatable bonds is 9. The van der Waals surface area contributed by atoms with Crippen molar-refractivity contribution in [2.75, 3.05) is 13.2 Å². The number of carboxylic acids is 1. The van der Waals surface area contributed by atoms with Gasteiger partial charge in [0, 0.05) is 6.61 Å². The first-order valence-electron chi connectivity index (χ1n) is 13.7. The van der Waals surface area contributed by atoms with Crippen LogP contribution in [0.4, 0.5) is 0 Å². The molecule has 0 aliphatic rings. The fourth-order valence-corrected chi connectivity index (χ4v) is 4.39. The van der Waals surface area contributed by atoms with Crippen molar-refractivity contribution in [2.45, 2.75) is 78.7 Å². The summed E-state index contributed by atoms with van der Waals surface area (Å²) < 4.78 is 11.4. The first-order valence-corrected chi connectivity index (χ1v) is 13.7. The predicted molar refractivity (Wildman–Crippen MR) is 161 cm³/mol. The van der Waals surface area contributed by atoms with Crippen molar-refractivity contribution >= 4 is 11.5 Å². The monoisotopic (exact) mass is 528 g/mol. The van der Waals surface area contributed by atoms with Crippen molar-refractivity contribution in [3.8, 4) is 16.9 Å². The summed E-state index contributed by atoms with van der Waals surface area (Å²) in [6.07, 6.45) is 2.06. The van der Waals surface area contributed by atoms with E-state index in [1.807, 2.05) is 0 Å². The second kappa shape index (κ2) is 11.8. The van der Waals surface area contributed by atoms with Crippen molar-refractivity contribution in [3.05, 3.63) is 95.1 Å². The maximum Gasteiger partial charge on any atom is 0.340 e. The number of benzene rings is 3. The smallest absolute Gasteiger partial charge is 0.340 e. The molecule has 0 saturated carbocycles. The lowest BCUT2D eigenvalue weighted by atomic mass is 9.79. The minimum absolute atomic E-state index is 0.0782. The number of aliphatic carboxylic acids is 1. The van der Waals surface area contributed by atoms with Crippen LogP contribution in [0, 0.1) is 0 Å². The highest BCUT2D eigenvalue weighted by atomic mass is 16.5. The molecule has 208 valence electrons. The van der Waals surface area contributed by atoms with E-state index in [1.54, 1.807) is 38.1 Å². The van der Waals surface area contributed by atoms with Gasteiger partial charge in [0.05, 0.1) is 0 Å². The Morgan fingerprint density at radius 3 is 1.77 bits per heavy atom. The van der Waals surface area contributed by atoms with Gasteiger partial charge in [-0.25, -0.2) is 4.79 Å². The molecule has 0 aliphatic carbocycles. The zero-order valence-electron chi connectivity index (χ0n) is 25.0. The Morgan fingerprint density at radius 1 is 0.769 bits per heavy atom. The summed E-state index contributed by atoms with van der Waals surface area (Å²) in [5.74, 6) is -0.338. The molecule has 0 spiro atoms. The van der Waals surface area contributed by atoms with Gasteiger partial charge < -0.3 is 14.6 Å². The van der Waals surface area contributed by atoms with Gasteiger partial charge in [-0.05, 0) is 88.8 Å². The summed E-state index contributed by atoms with van der Waals surface area (Å²) in [5, 5.41) is 9.60. The standard InChI is InChI=1S/C35H44O4/c1-10-39-35(9,32(36)37)28-15-17-31(18-16-28)38-20-19-24(2)25-11-13-26(14-12-25)27-21-29(33(3,4)5)23-30(22-27)34(6,7)8/h11-19,21-23H,10,20H2,1-9H3,(H,36,37). The van der Waals surface area contributed by atoms with Crippen LogP contribution in [0.3, 0.4) is 0 Å². The third-order valence-corrected chi connectivity index (χ3v) is 7.22. The number of carbonyl (C=O) groups is 1. The molecule has 0 amide bonds. The summed E-state index contributed by atoms with van der Waals surface area (Å²) in [7, 11) is 0. The molecule has 0 radical (unpaired) electrons. The van der Waals surface area contributed by atoms with E-state index >= 15 is 0 Å². The summed E-state index contributed by atoms with van der Waals surface area (Å²) >= 11 is 0. The van der Waals surface area contributed by atoms with Gasteiger partial charge in [-0.15, -0.1) is 0 Å². The minimum Gasteiger partial charge on any atom is -0.490 e. The normalized spacial score (nSPS) is 14.1. The molecule has 1 atom stereocenters. The second-order valence-electron chi connectivity index (χ2n) is 12.4. The highest BCUT2D eigenvalue weighted by molar-refractivity contribution is 5.79. The number of hydrogen-bond acceptors (Lipinski definition) is 3. The van der Waals surface area contributed by atoms with Crippen LogP contribution < -0.4 is 4.74 Å². The highest BCUT2D eigenvalue weighted by Crippen LogP contribution is 2.34. The van der Waals surface area contributed by atoms with Crippen molar-refractivity contribution in [1.29, 1.82) is 0 Å². The predicted octanol–water partition coefficient (Wildman–Crippen LogP) is 8.77. The topological polar surface area (TPSA) is 55.8 Å². The van der Waals surface area contributed by atoms with Crippen LogP contribution in [-0.2, 0) is 26.0 Å². The molecule has 4 heteroatoms. The van der Waals surface area contributed by atoms with E-state index in [9.17, 15) is 9.90 Å². The average Bonchev–Trinajstić information content (AvgIpc) is 2.88. The van der Waals surface area contributed by atoms with E-state index in [-0.39, 0.29) is 10.8 Å². The lowest BCUT2D eigenvalue weighted by Crippen LogP contribution is -2.35. The zero-order valence-corrected chi connectivity index (χ0v) is 25.0. The molecule has 0 fully saturated rings. The maximum absolute atomic E-state index is 11.7. The number of hydrogen-bond donors (Lipinski definition) is 1. The van der Waals surface area contributed by atoms with Crippen LogP contribution in [0.1, 0.15) is 84.6 Å². The first kappa shape index (κ1) is 30.2. The first-order chi connectivity index (χ1) is 18.1. The Hall–Kier alpha value is -3.37. The van der Waals surface area contributed by atoms with Gasteiger partial charge in [-0.3, -0.25) is 0 Å². The molecule has 0 saturated heterocycles. The van der Waals surface area contributed by atoms with Crippen LogP contribution in [0.5, 0.6) is 5.75 Å². The maximum atomic E-state index is 11.7. The molecule has 3 aromatic carbocycles. The molecular formula is C35H44O4. The van der Waals surface area contributed by atoms with Crippen molar-refractivity contribution in [1.82, 2.24) is 0 Å². The minimum atomic E-state index is -1.38. The SMILES string of the molecule is CCOC(C)(C(=O)O)c1ccc(OCC=C(C)c2ccc(-c3cc(C(C)(C)C)cc(C(C)(C)C)c3)cc2)cc1. The average molecular weight is 529 g/mol. The van der Waals surface area contributed by atoms with Gasteiger partial charge in [0.15, 0.2) is 5.60 Å². The van der Waals surface area contributed by atoms with Gasteiger partial charge >= 0.3 is 5.97 Å². The molecule has 0 heterocycles. The van der Waals surface area contributed by atoms with Crippen LogP contribution >= 0.6 is 0 Å². The number of carboxylic acid groups (broad SMARTS) is 1. The quantitative estimate of drug-likeness (QED) is 0.302. The molecule has 1 N–H and O–H groups in total. The van der Waals surface area contributed by atoms with E-state index in [0.29, 0.717) is 24.5 Å². The molecule has 3 rings (SSSR count). The van der Waals surface area contributed by atoms with Gasteiger partial charge in [-0.1, -0.05) is 96.1 Å². The Kier molecular flexibility index (Phi) is 9.12. The molecular weight excluding hydrogens is 484 g/mol. The van der Waals surface area contributed by atoms with E-state index in [2.05, 4.69) is 97.0 Å². The van der Waals surface area contributed by atoms with Crippen LogP contribution in [0.25, 0.3) is 16.7 Å². The summed E-state index contributed by atoms with van der Waals surface area (Å²) in [6.45, 7) is 19.7. The van der Waals surface area contributed by atoms with Crippen LogP contribution in [0.15, 0.2) is 72.8 Å². The molecule has 3 aromatic rings. The van der Waals surface area contributed by atoms with Crippen LogP contribution in [0.2, 0.25) is 0 Å². The van der Waals surface area contributed by atoms with Crippen molar-refractivity contribution < 1.29 is 19.4 Å². The van der Waals surface area contributed by atoms with Gasteiger partial charge in [-0.2, -0.15) is 0 Å². The van der Waals surface area contributed by atoms with Gasteiger partial charge in [0.1, 0.15) is 12.4 Å². The Labute approximate surface area is 234 Å². The lowest BCUT2D eigenvalue weighted by Gasteiger charge is -2.26. The summed E-state index contributed by atoms with van der Waals surface area (Å²) in [4.78, 5) is 11.7. The zero-order chi connectivity index (χ0) is 29.0. The number of allylic oxidation sites excluding steroid dienone is 1. The molecule has 4 nitrogen and oxygen atoms in total. The Bertz CT molecular complexity index is 1270. The summed E-state index contributed by atoms with van der Waals surface area (Å²) in [5.41, 5.74) is 6.79. The number of ether oxygens (including phenoxy) is 2. The van der Waals surface area contributed by atoms with E-state index in [0.717, 1.165) is 11.1 Å². The molecule has 0 bridgehead atoms. The fourth-order valence-electron chi connectivity index (χ4n) is 4.39. The van der Waals surface area contributed by atoms with Crippen molar-refractivity contribution in [3.63, 3.8) is 0 Å². The van der Waals surface area contributed by atoms with E-state index in [4.69, 9.17) is 9.47 Å².